The summed E-state index contributed by atoms with van der Waals surface area (Å²) in [6.07, 6.45) is 3.86. The van der Waals surface area contributed by atoms with Gasteiger partial charge in [0.15, 0.2) is 5.78 Å². The maximum absolute atomic E-state index is 11.8. The third kappa shape index (κ3) is 2.74. The van der Waals surface area contributed by atoms with Crippen LogP contribution in [-0.4, -0.2) is 5.78 Å². The van der Waals surface area contributed by atoms with Crippen molar-refractivity contribution in [3.63, 3.8) is 0 Å². The normalized spacial score (nSPS) is 18.1. The molecule has 2 aromatic carbocycles. The summed E-state index contributed by atoms with van der Waals surface area (Å²) in [7, 11) is 0. The average Bonchev–Trinajstić information content (AvgIpc) is 2.46. The van der Waals surface area contributed by atoms with Crippen LogP contribution in [0.2, 0.25) is 0 Å². The third-order valence-electron chi connectivity index (χ3n) is 3.54. The van der Waals surface area contributed by atoms with Crippen LogP contribution in [0.5, 0.6) is 0 Å². The molecular formula is C17H16OS. The Morgan fingerprint density at radius 2 is 1.74 bits per heavy atom. The minimum atomic E-state index is 0.332. The van der Waals surface area contributed by atoms with Crippen LogP contribution < -0.4 is 0 Å². The van der Waals surface area contributed by atoms with Crippen LogP contribution in [0, 0.1) is 0 Å². The van der Waals surface area contributed by atoms with Crippen LogP contribution in [0.15, 0.2) is 58.3 Å². The van der Waals surface area contributed by atoms with Gasteiger partial charge in [-0.2, -0.15) is 0 Å². The van der Waals surface area contributed by atoms with Crippen LogP contribution in [0.1, 0.15) is 25.7 Å². The van der Waals surface area contributed by atoms with Gasteiger partial charge in [0.05, 0.1) is 0 Å². The molecule has 2 heteroatoms. The molecule has 3 rings (SSSR count). The molecule has 0 aromatic heterocycles. The van der Waals surface area contributed by atoms with Gasteiger partial charge in [-0.1, -0.05) is 48.2 Å². The van der Waals surface area contributed by atoms with Crippen molar-refractivity contribution in [2.24, 2.45) is 0 Å². The molecule has 1 aliphatic rings. The van der Waals surface area contributed by atoms with Gasteiger partial charge < -0.3 is 0 Å². The third-order valence-corrected chi connectivity index (χ3v) is 4.55. The second-order valence-electron chi connectivity index (χ2n) is 4.87. The highest BCUT2D eigenvalue weighted by atomic mass is 32.2. The molecule has 0 heterocycles. The first-order valence-corrected chi connectivity index (χ1v) is 7.59. The fourth-order valence-corrected chi connectivity index (χ4v) is 3.45. The molecule has 1 saturated carbocycles. The Balaban J connectivity index is 1.89. The van der Waals surface area contributed by atoms with Gasteiger partial charge in [-0.15, -0.1) is 0 Å². The highest BCUT2D eigenvalue weighted by Crippen LogP contribution is 2.31. The van der Waals surface area contributed by atoms with Crippen LogP contribution in [0.25, 0.3) is 10.8 Å². The summed E-state index contributed by atoms with van der Waals surface area (Å²) in [6.45, 7) is 0. The Labute approximate surface area is 117 Å². The molecule has 0 unspecified atom stereocenters. The van der Waals surface area contributed by atoms with Crippen molar-refractivity contribution in [3.8, 4) is 0 Å². The zero-order valence-electron chi connectivity index (χ0n) is 10.8. The number of rotatable bonds is 2. The lowest BCUT2D eigenvalue weighted by atomic mass is 9.95. The molecule has 0 saturated heterocycles. The summed E-state index contributed by atoms with van der Waals surface area (Å²) >= 11 is 1.68. The second kappa shape index (κ2) is 5.62. The van der Waals surface area contributed by atoms with Gasteiger partial charge in [0, 0.05) is 16.9 Å². The van der Waals surface area contributed by atoms with Gasteiger partial charge in [0.2, 0.25) is 0 Å². The summed E-state index contributed by atoms with van der Waals surface area (Å²) in [5, 5.41) is 4.57. The number of allylic oxidation sites excluding steroid dienone is 1. The molecule has 0 atom stereocenters. The largest absolute Gasteiger partial charge is 0.295 e. The molecule has 0 spiro atoms. The second-order valence-corrected chi connectivity index (χ2v) is 5.78. The quantitative estimate of drug-likeness (QED) is 0.565. The molecule has 19 heavy (non-hydrogen) atoms. The van der Waals surface area contributed by atoms with Crippen molar-refractivity contribution in [3.05, 3.63) is 53.4 Å². The van der Waals surface area contributed by atoms with E-state index in [1.54, 1.807) is 11.8 Å². The first-order valence-electron chi connectivity index (χ1n) is 6.71. The molecule has 1 aliphatic carbocycles. The Morgan fingerprint density at radius 1 is 0.947 bits per heavy atom. The molecule has 0 amide bonds. The number of fused-ring (bicyclic) bond motifs is 1. The lowest BCUT2D eigenvalue weighted by molar-refractivity contribution is -0.116. The number of hydrogen-bond acceptors (Lipinski definition) is 2. The topological polar surface area (TPSA) is 17.1 Å². The van der Waals surface area contributed by atoms with Gasteiger partial charge in [-0.25, -0.2) is 0 Å². The van der Waals surface area contributed by atoms with E-state index in [1.165, 1.54) is 15.7 Å². The van der Waals surface area contributed by atoms with Gasteiger partial charge >= 0.3 is 0 Å². The number of carbonyl (C=O) groups excluding carboxylic acids is 1. The predicted octanol–water partition coefficient (Wildman–Crippen LogP) is 4.96. The van der Waals surface area contributed by atoms with Gasteiger partial charge in [0.25, 0.3) is 0 Å². The fraction of sp³-hybridized carbons (Fsp3) is 0.235. The van der Waals surface area contributed by atoms with E-state index in [0.717, 1.165) is 31.3 Å². The minimum absolute atomic E-state index is 0.332. The summed E-state index contributed by atoms with van der Waals surface area (Å²) in [5.74, 6) is 0.332. The number of Topliss-reactive ketones (excluding diaryl/α,β-unsaturated/α-hetero) is 1. The summed E-state index contributed by atoms with van der Waals surface area (Å²) in [5.41, 5.74) is 1.00. The monoisotopic (exact) mass is 268 g/mol. The standard InChI is InChI=1S/C17H16OS/c18-16-10-4-2-7-14(16)12-19-17-11-5-8-13-6-1-3-9-15(13)17/h1,3,5-6,8-9,11-12H,2,4,7,10H2/b14-12-. The number of carbonyl (C=O) groups is 1. The van der Waals surface area contributed by atoms with Crippen molar-refractivity contribution < 1.29 is 4.79 Å². The molecule has 0 aliphatic heterocycles. The van der Waals surface area contributed by atoms with Gasteiger partial charge in [-0.3, -0.25) is 4.79 Å². The van der Waals surface area contributed by atoms with Crippen LogP contribution >= 0.6 is 11.8 Å². The van der Waals surface area contributed by atoms with Crippen molar-refractivity contribution >= 4 is 28.3 Å². The Morgan fingerprint density at radius 3 is 2.63 bits per heavy atom. The van der Waals surface area contributed by atoms with Crippen LogP contribution in [-0.2, 0) is 4.79 Å². The van der Waals surface area contributed by atoms with E-state index in [1.807, 2.05) is 0 Å². The highest BCUT2D eigenvalue weighted by Gasteiger charge is 2.14. The fourth-order valence-electron chi connectivity index (χ4n) is 2.46. The van der Waals surface area contributed by atoms with Crippen molar-refractivity contribution in [1.82, 2.24) is 0 Å². The number of thioether (sulfide) groups is 1. The number of ketones is 1. The summed E-state index contributed by atoms with van der Waals surface area (Å²) in [4.78, 5) is 13.0. The first-order chi connectivity index (χ1) is 9.34. The SMILES string of the molecule is O=C1CCCC/C1=C/Sc1cccc2ccccc12. The average molecular weight is 268 g/mol. The molecule has 1 fully saturated rings. The smallest absolute Gasteiger partial charge is 0.159 e. The van der Waals surface area contributed by atoms with Crippen molar-refractivity contribution in [2.75, 3.05) is 0 Å². The van der Waals surface area contributed by atoms with E-state index in [0.29, 0.717) is 5.78 Å². The van der Waals surface area contributed by atoms with Gasteiger partial charge in [-0.05, 0) is 41.5 Å². The van der Waals surface area contributed by atoms with Gasteiger partial charge in [0.1, 0.15) is 0 Å². The van der Waals surface area contributed by atoms with E-state index in [-0.39, 0.29) is 0 Å². The first kappa shape index (κ1) is 12.5. The van der Waals surface area contributed by atoms with E-state index >= 15 is 0 Å². The number of hydrogen-bond donors (Lipinski definition) is 0. The number of benzene rings is 2. The maximum atomic E-state index is 11.8. The van der Waals surface area contributed by atoms with E-state index in [4.69, 9.17) is 0 Å². The molecular weight excluding hydrogens is 252 g/mol. The van der Waals surface area contributed by atoms with E-state index < -0.39 is 0 Å². The maximum Gasteiger partial charge on any atom is 0.159 e. The Hall–Kier alpha value is -1.54. The summed E-state index contributed by atoms with van der Waals surface area (Å²) < 4.78 is 0. The highest BCUT2D eigenvalue weighted by molar-refractivity contribution is 8.02. The molecule has 1 nitrogen and oxygen atoms in total. The Kier molecular flexibility index (Phi) is 3.69. The molecule has 0 radical (unpaired) electrons. The summed E-state index contributed by atoms with van der Waals surface area (Å²) in [6, 6.07) is 14.7. The molecule has 96 valence electrons. The van der Waals surface area contributed by atoms with E-state index in [2.05, 4.69) is 47.9 Å². The van der Waals surface area contributed by atoms with E-state index in [9.17, 15) is 4.79 Å². The minimum Gasteiger partial charge on any atom is -0.295 e. The van der Waals surface area contributed by atoms with Crippen molar-refractivity contribution in [2.45, 2.75) is 30.6 Å². The Bertz CT molecular complexity index is 637. The van der Waals surface area contributed by atoms with Crippen molar-refractivity contribution in [1.29, 1.82) is 0 Å². The lowest BCUT2D eigenvalue weighted by Gasteiger charge is -2.12. The predicted molar refractivity (Wildman–Crippen MR) is 81.4 cm³/mol. The molecule has 2 aromatic rings. The van der Waals surface area contributed by atoms with Crippen LogP contribution in [0.3, 0.4) is 0 Å². The lowest BCUT2D eigenvalue weighted by Crippen LogP contribution is -2.07. The zero-order valence-corrected chi connectivity index (χ0v) is 11.6. The van der Waals surface area contributed by atoms with Crippen LogP contribution in [0.4, 0.5) is 0 Å². The molecule has 0 bridgehead atoms. The zero-order chi connectivity index (χ0) is 13.1. The molecule has 0 N–H and O–H groups in total.